The Balaban J connectivity index is 2.00. The van der Waals surface area contributed by atoms with Gasteiger partial charge >= 0.3 is 0 Å². The average Bonchev–Trinajstić information content (AvgIpc) is 2.44. The first kappa shape index (κ1) is 18.0. The van der Waals surface area contributed by atoms with Gasteiger partial charge in [-0.25, -0.2) is 0 Å². The molecule has 1 aromatic carbocycles. The van der Waals surface area contributed by atoms with Crippen molar-refractivity contribution in [2.45, 2.75) is 51.5 Å². The van der Waals surface area contributed by atoms with Crippen LogP contribution in [0, 0.1) is 0 Å². The van der Waals surface area contributed by atoms with Gasteiger partial charge < -0.3 is 4.90 Å². The van der Waals surface area contributed by atoms with Crippen LogP contribution in [-0.2, 0) is 6.54 Å². The zero-order valence-corrected chi connectivity index (χ0v) is 14.9. The molecule has 0 aliphatic carbocycles. The maximum absolute atomic E-state index is 5.90. The van der Waals surface area contributed by atoms with Crippen molar-refractivity contribution in [3.05, 3.63) is 34.9 Å². The van der Waals surface area contributed by atoms with Crippen LogP contribution in [0.3, 0.4) is 0 Å². The van der Waals surface area contributed by atoms with Crippen LogP contribution in [0.4, 0.5) is 0 Å². The van der Waals surface area contributed by atoms with Gasteiger partial charge in [0.25, 0.3) is 0 Å². The smallest absolute Gasteiger partial charge is 0.0406 e. The predicted molar refractivity (Wildman–Crippen MR) is 93.9 cm³/mol. The molecule has 0 saturated heterocycles. The minimum absolute atomic E-state index is 0.816. The van der Waals surface area contributed by atoms with Crippen LogP contribution in [0.25, 0.3) is 0 Å². The van der Waals surface area contributed by atoms with Gasteiger partial charge in [0.2, 0.25) is 0 Å². The van der Waals surface area contributed by atoms with Crippen molar-refractivity contribution in [3.63, 3.8) is 0 Å². The average molecular weight is 361 g/mol. The summed E-state index contributed by atoms with van der Waals surface area (Å²) in [5.74, 6) is 0. The molecule has 1 rings (SSSR count). The van der Waals surface area contributed by atoms with Gasteiger partial charge in [0, 0.05) is 16.9 Å². The first-order valence-corrected chi connectivity index (χ1v) is 9.21. The van der Waals surface area contributed by atoms with Crippen molar-refractivity contribution in [3.8, 4) is 0 Å². The van der Waals surface area contributed by atoms with E-state index in [9.17, 15) is 0 Å². The molecular formula is C17H27BrClN. The quantitative estimate of drug-likeness (QED) is 0.351. The van der Waals surface area contributed by atoms with E-state index in [1.807, 2.05) is 12.1 Å². The molecule has 0 saturated carbocycles. The Labute approximate surface area is 137 Å². The van der Waals surface area contributed by atoms with Crippen LogP contribution in [-0.4, -0.2) is 23.8 Å². The van der Waals surface area contributed by atoms with Crippen LogP contribution < -0.4 is 0 Å². The van der Waals surface area contributed by atoms with Crippen LogP contribution in [0.15, 0.2) is 24.3 Å². The summed E-state index contributed by atoms with van der Waals surface area (Å²) >= 11 is 9.37. The highest BCUT2D eigenvalue weighted by Crippen LogP contribution is 2.12. The second kappa shape index (κ2) is 11.6. The SMILES string of the molecule is CN(CCCCCCCCCBr)Cc1ccc(Cl)cc1. The van der Waals surface area contributed by atoms with Crippen molar-refractivity contribution in [1.29, 1.82) is 0 Å². The first-order chi connectivity index (χ1) is 9.72. The summed E-state index contributed by atoms with van der Waals surface area (Å²) in [5.41, 5.74) is 1.34. The van der Waals surface area contributed by atoms with E-state index in [0.717, 1.165) is 16.9 Å². The molecule has 20 heavy (non-hydrogen) atoms. The molecule has 0 aliphatic rings. The van der Waals surface area contributed by atoms with Gasteiger partial charge in [0.05, 0.1) is 0 Å². The Morgan fingerprint density at radius 2 is 1.45 bits per heavy atom. The minimum Gasteiger partial charge on any atom is -0.302 e. The predicted octanol–water partition coefficient (Wildman–Crippen LogP) is 5.90. The lowest BCUT2D eigenvalue weighted by Gasteiger charge is -2.16. The zero-order valence-electron chi connectivity index (χ0n) is 12.6. The maximum atomic E-state index is 5.90. The summed E-state index contributed by atoms with van der Waals surface area (Å²) in [6, 6.07) is 8.17. The van der Waals surface area contributed by atoms with Gasteiger partial charge in [-0.1, -0.05) is 71.8 Å². The summed E-state index contributed by atoms with van der Waals surface area (Å²) in [6.45, 7) is 2.20. The normalized spacial score (nSPS) is 11.2. The van der Waals surface area contributed by atoms with Crippen molar-refractivity contribution in [2.75, 3.05) is 18.9 Å². The highest BCUT2D eigenvalue weighted by molar-refractivity contribution is 9.09. The largest absolute Gasteiger partial charge is 0.302 e. The molecule has 0 bridgehead atoms. The molecule has 0 N–H and O–H groups in total. The van der Waals surface area contributed by atoms with E-state index in [4.69, 9.17) is 11.6 Å². The van der Waals surface area contributed by atoms with E-state index in [1.165, 1.54) is 57.1 Å². The standard InChI is InChI=1S/C17H27BrClN/c1-20(15-16-9-11-17(19)12-10-16)14-8-6-4-2-3-5-7-13-18/h9-12H,2-8,13-15H2,1H3. The summed E-state index contributed by atoms with van der Waals surface area (Å²) in [6.07, 6.45) is 9.55. The van der Waals surface area contributed by atoms with Gasteiger partial charge in [-0.05, 0) is 44.1 Å². The molecule has 0 aromatic heterocycles. The highest BCUT2D eigenvalue weighted by atomic mass is 79.9. The fourth-order valence-corrected chi connectivity index (χ4v) is 2.86. The molecule has 1 nitrogen and oxygen atoms in total. The number of nitrogens with zero attached hydrogens (tertiary/aromatic N) is 1. The van der Waals surface area contributed by atoms with Crippen molar-refractivity contribution in [2.24, 2.45) is 0 Å². The summed E-state index contributed by atoms with van der Waals surface area (Å²) in [5, 5.41) is 1.97. The maximum Gasteiger partial charge on any atom is 0.0406 e. The Morgan fingerprint density at radius 1 is 0.900 bits per heavy atom. The molecule has 0 spiro atoms. The van der Waals surface area contributed by atoms with E-state index in [-0.39, 0.29) is 0 Å². The number of benzene rings is 1. The van der Waals surface area contributed by atoms with Gasteiger partial charge in [-0.3, -0.25) is 0 Å². The third-order valence-electron chi connectivity index (χ3n) is 3.54. The molecule has 0 heterocycles. The molecule has 3 heteroatoms. The lowest BCUT2D eigenvalue weighted by Crippen LogP contribution is -2.18. The second-order valence-corrected chi connectivity index (χ2v) is 6.76. The monoisotopic (exact) mass is 359 g/mol. The van der Waals surface area contributed by atoms with E-state index >= 15 is 0 Å². The van der Waals surface area contributed by atoms with E-state index in [0.29, 0.717) is 0 Å². The number of unbranched alkanes of at least 4 members (excludes halogenated alkanes) is 6. The minimum atomic E-state index is 0.816. The van der Waals surface area contributed by atoms with Crippen molar-refractivity contribution >= 4 is 27.5 Å². The van der Waals surface area contributed by atoms with Gasteiger partial charge in [0.15, 0.2) is 0 Å². The Hall–Kier alpha value is -0.0500. The van der Waals surface area contributed by atoms with Crippen LogP contribution in [0.1, 0.15) is 50.5 Å². The van der Waals surface area contributed by atoms with Crippen LogP contribution in [0.2, 0.25) is 5.02 Å². The summed E-state index contributed by atoms with van der Waals surface area (Å²) < 4.78 is 0. The molecule has 0 aliphatic heterocycles. The number of halogens is 2. The molecule has 0 fully saturated rings. The third kappa shape index (κ3) is 8.99. The number of hydrogen-bond donors (Lipinski definition) is 0. The lowest BCUT2D eigenvalue weighted by atomic mass is 10.1. The molecule has 0 atom stereocenters. The molecule has 1 aromatic rings. The van der Waals surface area contributed by atoms with Gasteiger partial charge in [-0.2, -0.15) is 0 Å². The molecule has 0 unspecified atom stereocenters. The molecular weight excluding hydrogens is 334 g/mol. The van der Waals surface area contributed by atoms with Crippen LogP contribution in [0.5, 0.6) is 0 Å². The van der Waals surface area contributed by atoms with Crippen LogP contribution >= 0.6 is 27.5 Å². The number of hydrogen-bond acceptors (Lipinski definition) is 1. The fraction of sp³-hybridized carbons (Fsp3) is 0.647. The van der Waals surface area contributed by atoms with Gasteiger partial charge in [0.1, 0.15) is 0 Å². The summed E-state index contributed by atoms with van der Waals surface area (Å²) in [4.78, 5) is 2.40. The third-order valence-corrected chi connectivity index (χ3v) is 4.35. The molecule has 0 radical (unpaired) electrons. The lowest BCUT2D eigenvalue weighted by molar-refractivity contribution is 0.316. The second-order valence-electron chi connectivity index (χ2n) is 5.53. The zero-order chi connectivity index (χ0) is 14.6. The first-order valence-electron chi connectivity index (χ1n) is 7.71. The number of rotatable bonds is 11. The van der Waals surface area contributed by atoms with Crippen molar-refractivity contribution < 1.29 is 0 Å². The van der Waals surface area contributed by atoms with E-state index in [1.54, 1.807) is 0 Å². The fourth-order valence-electron chi connectivity index (χ4n) is 2.34. The topological polar surface area (TPSA) is 3.24 Å². The van der Waals surface area contributed by atoms with E-state index < -0.39 is 0 Å². The molecule has 114 valence electrons. The Kier molecular flexibility index (Phi) is 10.4. The van der Waals surface area contributed by atoms with Crippen molar-refractivity contribution in [1.82, 2.24) is 4.90 Å². The highest BCUT2D eigenvalue weighted by Gasteiger charge is 2.00. The van der Waals surface area contributed by atoms with E-state index in [2.05, 4.69) is 40.0 Å². The Morgan fingerprint density at radius 3 is 2.05 bits per heavy atom. The molecule has 0 amide bonds. The summed E-state index contributed by atoms with van der Waals surface area (Å²) in [7, 11) is 2.20. The number of alkyl halides is 1. The van der Waals surface area contributed by atoms with Gasteiger partial charge in [-0.15, -0.1) is 0 Å². The Bertz CT molecular complexity index is 339.